The minimum absolute atomic E-state index is 0.119. The molecule has 10 heteroatoms. The highest BCUT2D eigenvalue weighted by molar-refractivity contribution is 8.13. The molecule has 1 amide bonds. The van der Waals surface area contributed by atoms with Gasteiger partial charge in [-0.25, -0.2) is 14.2 Å². The molecule has 1 heterocycles. The van der Waals surface area contributed by atoms with E-state index in [1.165, 1.54) is 22.7 Å². The number of rotatable bonds is 3. The number of fused-ring (bicyclic) bond motifs is 1. The number of thioether (sulfide) groups is 1. The molecule has 0 spiro atoms. The molecule has 0 saturated heterocycles. The van der Waals surface area contributed by atoms with Crippen molar-refractivity contribution in [3.8, 4) is 0 Å². The van der Waals surface area contributed by atoms with Gasteiger partial charge in [-0.3, -0.25) is 15.0 Å². The third-order valence-corrected chi connectivity index (χ3v) is 6.60. The molecule has 0 radical (unpaired) electrons. The summed E-state index contributed by atoms with van der Waals surface area (Å²) in [6.45, 7) is 5.26. The van der Waals surface area contributed by atoms with Crippen molar-refractivity contribution in [2.75, 3.05) is 12.9 Å². The maximum absolute atomic E-state index is 14.9. The molecule has 1 aliphatic carbocycles. The van der Waals surface area contributed by atoms with Crippen LogP contribution >= 0.6 is 11.8 Å². The van der Waals surface area contributed by atoms with E-state index in [1.54, 1.807) is 27.9 Å². The molecule has 2 aliphatic rings. The average molecular weight is 425 g/mol. The Labute approximate surface area is 172 Å². The molecule has 29 heavy (non-hydrogen) atoms. The number of hydrogen-bond donors (Lipinski definition) is 1. The van der Waals surface area contributed by atoms with E-state index in [9.17, 15) is 24.4 Å². The number of methoxy groups -OCH3 is 1. The largest absolute Gasteiger partial charge is 0.465 e. The first kappa shape index (κ1) is 21.5. The van der Waals surface area contributed by atoms with Crippen molar-refractivity contribution in [1.29, 1.82) is 0 Å². The zero-order valence-corrected chi connectivity index (χ0v) is 17.5. The smallest absolute Gasteiger partial charge is 0.413 e. The Hall–Kier alpha value is -2.20. The summed E-state index contributed by atoms with van der Waals surface area (Å²) in [5.41, 5.74) is -1.98. The number of carboxylic acid groups (broad SMARTS) is 1. The first-order valence-electron chi connectivity index (χ1n) is 9.24. The number of benzene rings is 1. The van der Waals surface area contributed by atoms with Gasteiger partial charge in [0, 0.05) is 42.0 Å². The molecule has 0 aromatic heterocycles. The summed E-state index contributed by atoms with van der Waals surface area (Å²) in [6, 6.07) is 3.42. The summed E-state index contributed by atoms with van der Waals surface area (Å²) in [7, 11) is 1.58. The summed E-state index contributed by atoms with van der Waals surface area (Å²) in [5, 5.41) is 21.3. The average Bonchev–Trinajstić information content (AvgIpc) is 2.99. The van der Waals surface area contributed by atoms with Gasteiger partial charge >= 0.3 is 6.09 Å². The molecule has 1 N–H and O–H groups in total. The number of carbonyl (C=O) groups is 1. The van der Waals surface area contributed by atoms with E-state index in [0.717, 1.165) is 12.1 Å². The summed E-state index contributed by atoms with van der Waals surface area (Å²) in [6.07, 6.45) is -0.336. The van der Waals surface area contributed by atoms with E-state index in [1.807, 2.05) is 0 Å². The Morgan fingerprint density at radius 1 is 1.48 bits per heavy atom. The maximum atomic E-state index is 14.9. The first-order chi connectivity index (χ1) is 13.5. The lowest BCUT2D eigenvalue weighted by Gasteiger charge is -2.42. The standard InChI is InChI=1S/C19H24FN3O5S/c1-18(2,3)22(17(24)25)16-21-19(8-7-15(28-4)13(19)10-29-16)12-9-11(23(26)27)5-6-14(12)20/h5-6,9,13,15H,7-8,10H2,1-4H3,(H,24,25)/t13-,15-,19-/m1/s1. The number of nitro groups is 1. The second-order valence-corrected chi connectivity index (χ2v) is 9.25. The molecule has 1 fully saturated rings. The highest BCUT2D eigenvalue weighted by Gasteiger charge is 2.54. The molecular weight excluding hydrogens is 401 g/mol. The van der Waals surface area contributed by atoms with Crippen LogP contribution < -0.4 is 0 Å². The third kappa shape index (κ3) is 3.71. The van der Waals surface area contributed by atoms with Gasteiger partial charge in [-0.05, 0) is 39.7 Å². The Morgan fingerprint density at radius 3 is 2.72 bits per heavy atom. The predicted molar refractivity (Wildman–Crippen MR) is 108 cm³/mol. The molecule has 1 aromatic rings. The lowest BCUT2D eigenvalue weighted by molar-refractivity contribution is -0.385. The zero-order chi connectivity index (χ0) is 21.6. The van der Waals surface area contributed by atoms with Crippen LogP contribution in [0.4, 0.5) is 14.9 Å². The fourth-order valence-corrected chi connectivity index (χ4v) is 5.74. The predicted octanol–water partition coefficient (Wildman–Crippen LogP) is 4.24. The van der Waals surface area contributed by atoms with Gasteiger partial charge in [0.2, 0.25) is 0 Å². The second-order valence-electron chi connectivity index (χ2n) is 8.26. The molecule has 3 rings (SSSR count). The summed E-state index contributed by atoms with van der Waals surface area (Å²) in [5.74, 6) is -0.349. The van der Waals surface area contributed by atoms with E-state index in [0.29, 0.717) is 18.6 Å². The van der Waals surface area contributed by atoms with Gasteiger partial charge in [-0.1, -0.05) is 11.8 Å². The first-order valence-corrected chi connectivity index (χ1v) is 10.2. The SMILES string of the molecule is CO[C@@H]1CC[C@]2(c3cc([N+](=O)[O-])ccc3F)N=C(N(C(=O)O)C(C)(C)C)SC[C@H]12. The Bertz CT molecular complexity index is 872. The van der Waals surface area contributed by atoms with E-state index >= 15 is 0 Å². The van der Waals surface area contributed by atoms with Crippen molar-refractivity contribution in [2.45, 2.75) is 50.8 Å². The number of nitro benzene ring substituents is 1. The van der Waals surface area contributed by atoms with Crippen LogP contribution in [0.1, 0.15) is 39.2 Å². The van der Waals surface area contributed by atoms with Crippen molar-refractivity contribution in [3.63, 3.8) is 0 Å². The van der Waals surface area contributed by atoms with Crippen LogP contribution in [0, 0.1) is 21.8 Å². The summed E-state index contributed by atoms with van der Waals surface area (Å²) in [4.78, 5) is 28.6. The lowest BCUT2D eigenvalue weighted by atomic mass is 9.80. The number of ether oxygens (including phenoxy) is 1. The minimum atomic E-state index is -1.15. The molecule has 0 bridgehead atoms. The number of aliphatic imine (C=N–C) groups is 1. The topological polar surface area (TPSA) is 105 Å². The van der Waals surface area contributed by atoms with Crippen molar-refractivity contribution in [2.24, 2.45) is 10.9 Å². The molecule has 3 atom stereocenters. The molecule has 8 nitrogen and oxygen atoms in total. The van der Waals surface area contributed by atoms with Crippen molar-refractivity contribution < 1.29 is 24.0 Å². The van der Waals surface area contributed by atoms with Crippen molar-refractivity contribution in [1.82, 2.24) is 4.90 Å². The third-order valence-electron chi connectivity index (χ3n) is 5.54. The number of amides is 1. The highest BCUT2D eigenvalue weighted by atomic mass is 32.2. The van der Waals surface area contributed by atoms with E-state index in [2.05, 4.69) is 0 Å². The van der Waals surface area contributed by atoms with Crippen molar-refractivity contribution >= 4 is 28.7 Å². The van der Waals surface area contributed by atoms with Gasteiger partial charge in [0.25, 0.3) is 5.69 Å². The Morgan fingerprint density at radius 2 is 2.17 bits per heavy atom. The fraction of sp³-hybridized carbons (Fsp3) is 0.579. The van der Waals surface area contributed by atoms with E-state index in [4.69, 9.17) is 9.73 Å². The summed E-state index contributed by atoms with van der Waals surface area (Å²) >= 11 is 1.29. The quantitative estimate of drug-likeness (QED) is 0.574. The second kappa shape index (κ2) is 7.56. The van der Waals surface area contributed by atoms with Gasteiger partial charge in [-0.2, -0.15) is 0 Å². The van der Waals surface area contributed by atoms with Gasteiger partial charge < -0.3 is 9.84 Å². The van der Waals surface area contributed by atoms with Crippen LogP contribution in [0.3, 0.4) is 0 Å². The van der Waals surface area contributed by atoms with Crippen LogP contribution in [-0.4, -0.2) is 50.7 Å². The number of hydrogen-bond acceptors (Lipinski definition) is 6. The molecule has 1 aromatic carbocycles. The highest BCUT2D eigenvalue weighted by Crippen LogP contribution is 2.53. The maximum Gasteiger partial charge on any atom is 0.413 e. The lowest BCUT2D eigenvalue weighted by Crippen LogP contribution is -2.51. The Balaban J connectivity index is 2.22. The molecule has 0 unspecified atom stereocenters. The number of amidine groups is 1. The van der Waals surface area contributed by atoms with Crippen LogP contribution in [0.15, 0.2) is 23.2 Å². The van der Waals surface area contributed by atoms with E-state index in [-0.39, 0.29) is 28.4 Å². The molecule has 1 aliphatic heterocycles. The van der Waals surface area contributed by atoms with Crippen molar-refractivity contribution in [3.05, 3.63) is 39.7 Å². The summed E-state index contributed by atoms with van der Waals surface area (Å²) < 4.78 is 20.5. The van der Waals surface area contributed by atoms with Crippen LogP contribution in [0.25, 0.3) is 0 Å². The normalized spacial score (nSPS) is 26.6. The fourth-order valence-electron chi connectivity index (χ4n) is 4.21. The molecule has 158 valence electrons. The van der Waals surface area contributed by atoms with Gasteiger partial charge in [-0.15, -0.1) is 0 Å². The van der Waals surface area contributed by atoms with Crippen LogP contribution in [0.5, 0.6) is 0 Å². The van der Waals surface area contributed by atoms with Gasteiger partial charge in [0.1, 0.15) is 5.82 Å². The van der Waals surface area contributed by atoms with Gasteiger partial charge in [0.15, 0.2) is 5.17 Å². The number of halogens is 1. The Kier molecular flexibility index (Phi) is 5.61. The van der Waals surface area contributed by atoms with Crippen LogP contribution in [0.2, 0.25) is 0 Å². The monoisotopic (exact) mass is 425 g/mol. The molecular formula is C19H24FN3O5S. The molecule has 1 saturated carbocycles. The number of non-ortho nitro benzene ring substituents is 1. The van der Waals surface area contributed by atoms with E-state index < -0.39 is 27.9 Å². The van der Waals surface area contributed by atoms with Gasteiger partial charge in [0.05, 0.1) is 16.6 Å². The number of nitrogens with zero attached hydrogens (tertiary/aromatic N) is 3. The minimum Gasteiger partial charge on any atom is -0.465 e. The zero-order valence-electron chi connectivity index (χ0n) is 16.7. The van der Waals surface area contributed by atoms with Crippen LogP contribution in [-0.2, 0) is 10.3 Å².